The van der Waals surface area contributed by atoms with Crippen LogP contribution in [0.1, 0.15) is 30.1 Å². The Kier molecular flexibility index (Phi) is 5.26. The summed E-state index contributed by atoms with van der Waals surface area (Å²) in [6.45, 7) is 2.78. The average Bonchev–Trinajstić information content (AvgIpc) is 3.46. The van der Waals surface area contributed by atoms with E-state index >= 15 is 0 Å². The highest BCUT2D eigenvalue weighted by Crippen LogP contribution is 2.47. The number of piperidine rings is 2. The number of carbonyl (C=O) groups excluding carboxylic acids is 1. The Morgan fingerprint density at radius 1 is 1.21 bits per heavy atom. The molecule has 3 aliphatic rings. The fourth-order valence-corrected chi connectivity index (χ4v) is 6.29. The van der Waals surface area contributed by atoms with Gasteiger partial charge in [0.1, 0.15) is 5.82 Å². The van der Waals surface area contributed by atoms with E-state index in [1.165, 1.54) is 28.3 Å². The lowest BCUT2D eigenvalue weighted by Crippen LogP contribution is -2.64. The van der Waals surface area contributed by atoms with E-state index < -0.39 is 0 Å². The number of amides is 1. The van der Waals surface area contributed by atoms with Gasteiger partial charge >= 0.3 is 0 Å². The van der Waals surface area contributed by atoms with E-state index in [2.05, 4.69) is 27.4 Å². The first-order valence-electron chi connectivity index (χ1n) is 11.3. The van der Waals surface area contributed by atoms with Gasteiger partial charge in [-0.2, -0.15) is 15.0 Å². The molecule has 2 bridgehead atoms. The van der Waals surface area contributed by atoms with Crippen molar-refractivity contribution in [2.24, 2.45) is 11.8 Å². The summed E-state index contributed by atoms with van der Waals surface area (Å²) in [6, 6.07) is 10.0. The van der Waals surface area contributed by atoms with Gasteiger partial charge in [0.15, 0.2) is 5.13 Å². The number of anilines is 1. The summed E-state index contributed by atoms with van der Waals surface area (Å²) >= 11 is 7.72. The second-order valence-electron chi connectivity index (χ2n) is 9.02. The van der Waals surface area contributed by atoms with E-state index in [-0.39, 0.29) is 23.8 Å². The lowest BCUT2D eigenvalue weighted by molar-refractivity contribution is -0.0502. The van der Waals surface area contributed by atoms with Gasteiger partial charge in [-0.05, 0) is 61.1 Å². The minimum absolute atomic E-state index is 0.00818. The van der Waals surface area contributed by atoms with Crippen molar-refractivity contribution < 1.29 is 9.18 Å². The first-order valence-corrected chi connectivity index (χ1v) is 12.5. The molecule has 1 aliphatic carbocycles. The molecule has 4 heterocycles. The van der Waals surface area contributed by atoms with Crippen molar-refractivity contribution in [2.75, 3.05) is 11.9 Å². The lowest BCUT2D eigenvalue weighted by Gasteiger charge is -2.57. The molecular weight excluding hydrogens is 475 g/mol. The molecule has 3 fully saturated rings. The molecule has 0 radical (unpaired) electrons. The number of halogens is 2. The van der Waals surface area contributed by atoms with E-state index in [0.29, 0.717) is 34.7 Å². The van der Waals surface area contributed by atoms with E-state index in [1.807, 2.05) is 4.90 Å². The quantitative estimate of drug-likeness (QED) is 0.420. The van der Waals surface area contributed by atoms with Gasteiger partial charge in [-0.15, -0.1) is 0 Å². The number of rotatable bonds is 5. The van der Waals surface area contributed by atoms with Gasteiger partial charge in [0.05, 0.1) is 39.9 Å². The summed E-state index contributed by atoms with van der Waals surface area (Å²) in [7, 11) is 0. The molecule has 2 aromatic heterocycles. The fraction of sp³-hybridized carbons (Fsp3) is 0.333. The SMILES string of the molecule is CC1C2CC(C2)N(C(=O)c2cc(Cl)ccc2-n2nccn2)C1CNc1nc2ccc(F)cc2s1. The Labute approximate surface area is 204 Å². The second kappa shape index (κ2) is 8.32. The van der Waals surface area contributed by atoms with E-state index in [9.17, 15) is 9.18 Å². The number of thiazole rings is 1. The molecule has 2 saturated heterocycles. The minimum atomic E-state index is -0.274. The molecule has 2 unspecified atom stereocenters. The minimum Gasteiger partial charge on any atom is -0.359 e. The second-order valence-corrected chi connectivity index (χ2v) is 10.5. The zero-order chi connectivity index (χ0) is 23.4. The van der Waals surface area contributed by atoms with Gasteiger partial charge in [-0.25, -0.2) is 9.37 Å². The number of nitrogens with zero attached hydrogens (tertiary/aromatic N) is 5. The van der Waals surface area contributed by atoms with Crippen LogP contribution in [0.25, 0.3) is 15.9 Å². The van der Waals surface area contributed by atoms with Crippen LogP contribution in [0, 0.1) is 17.7 Å². The molecule has 7 rings (SSSR count). The predicted octanol–water partition coefficient (Wildman–Crippen LogP) is 5.02. The largest absolute Gasteiger partial charge is 0.359 e. The van der Waals surface area contributed by atoms with Crippen LogP contribution in [0.5, 0.6) is 0 Å². The van der Waals surface area contributed by atoms with Crippen molar-refractivity contribution in [3.63, 3.8) is 0 Å². The number of aromatic nitrogens is 4. The summed E-state index contributed by atoms with van der Waals surface area (Å²) in [5.74, 6) is 0.600. The normalized spacial score (nSPS) is 23.7. The van der Waals surface area contributed by atoms with Gasteiger partial charge in [0.25, 0.3) is 5.91 Å². The summed E-state index contributed by atoms with van der Waals surface area (Å²) in [5.41, 5.74) is 1.85. The van der Waals surface area contributed by atoms with Crippen molar-refractivity contribution >= 4 is 44.2 Å². The molecule has 0 spiro atoms. The Hall–Kier alpha value is -3.04. The van der Waals surface area contributed by atoms with E-state index in [1.54, 1.807) is 36.7 Å². The van der Waals surface area contributed by atoms with Crippen LogP contribution in [0.15, 0.2) is 48.8 Å². The summed E-state index contributed by atoms with van der Waals surface area (Å²) in [6.07, 6.45) is 5.19. The van der Waals surface area contributed by atoms with Crippen molar-refractivity contribution in [3.8, 4) is 5.69 Å². The third kappa shape index (κ3) is 3.63. The van der Waals surface area contributed by atoms with Crippen LogP contribution in [-0.4, -0.2) is 49.4 Å². The maximum absolute atomic E-state index is 14.0. The van der Waals surface area contributed by atoms with Crippen LogP contribution in [-0.2, 0) is 0 Å². The predicted molar refractivity (Wildman–Crippen MR) is 130 cm³/mol. The molecule has 1 saturated carbocycles. The number of fused-ring (bicyclic) bond motifs is 3. The number of nitrogens with one attached hydrogen (secondary N) is 1. The number of hydrogen-bond acceptors (Lipinski definition) is 6. The van der Waals surface area contributed by atoms with Gasteiger partial charge < -0.3 is 10.2 Å². The lowest BCUT2D eigenvalue weighted by atomic mass is 9.64. The van der Waals surface area contributed by atoms with Crippen LogP contribution >= 0.6 is 22.9 Å². The molecule has 10 heteroatoms. The highest BCUT2D eigenvalue weighted by Gasteiger charge is 2.50. The first-order chi connectivity index (χ1) is 16.5. The monoisotopic (exact) mass is 496 g/mol. The fourth-order valence-electron chi connectivity index (χ4n) is 5.22. The standard InChI is InChI=1S/C24H22ClFN6OS/c1-13-14-8-17(9-14)31(21(13)12-27-24-30-19-4-3-16(26)11-22(19)34-24)23(33)18-10-15(25)2-5-20(18)32-28-6-7-29-32/h2-7,10-11,13-14,17,21H,8-9,12H2,1H3,(H,27,30). The molecule has 7 nitrogen and oxygen atoms in total. The summed E-state index contributed by atoms with van der Waals surface area (Å²) in [4.78, 5) is 22.0. The van der Waals surface area contributed by atoms with Crippen molar-refractivity contribution in [1.82, 2.24) is 24.9 Å². The van der Waals surface area contributed by atoms with Gasteiger partial charge in [-0.1, -0.05) is 29.9 Å². The smallest absolute Gasteiger partial charge is 0.256 e. The summed E-state index contributed by atoms with van der Waals surface area (Å²) in [5, 5.41) is 13.1. The molecule has 4 aromatic rings. The molecule has 1 N–H and O–H groups in total. The Balaban J connectivity index is 1.30. The van der Waals surface area contributed by atoms with Crippen molar-refractivity contribution in [1.29, 1.82) is 0 Å². The van der Waals surface area contributed by atoms with Gasteiger partial charge in [0, 0.05) is 17.6 Å². The van der Waals surface area contributed by atoms with E-state index in [0.717, 1.165) is 28.2 Å². The zero-order valence-electron chi connectivity index (χ0n) is 18.4. The molecule has 2 atom stereocenters. The van der Waals surface area contributed by atoms with E-state index in [4.69, 9.17) is 11.6 Å². The number of hydrogen-bond donors (Lipinski definition) is 1. The molecular formula is C24H22ClFN6OS. The van der Waals surface area contributed by atoms with Crippen molar-refractivity contribution in [2.45, 2.75) is 31.8 Å². The van der Waals surface area contributed by atoms with Crippen LogP contribution in [0.2, 0.25) is 5.02 Å². The Morgan fingerprint density at radius 2 is 2.00 bits per heavy atom. The average molecular weight is 497 g/mol. The van der Waals surface area contributed by atoms with Crippen LogP contribution in [0.3, 0.4) is 0 Å². The topological polar surface area (TPSA) is 75.9 Å². The van der Waals surface area contributed by atoms with Crippen molar-refractivity contribution in [3.05, 3.63) is 65.2 Å². The molecule has 2 aromatic carbocycles. The molecule has 2 aliphatic heterocycles. The van der Waals surface area contributed by atoms with Crippen LogP contribution in [0.4, 0.5) is 9.52 Å². The highest BCUT2D eigenvalue weighted by molar-refractivity contribution is 7.22. The Morgan fingerprint density at radius 3 is 2.79 bits per heavy atom. The third-order valence-electron chi connectivity index (χ3n) is 7.12. The Bertz CT molecular complexity index is 1370. The molecule has 174 valence electrons. The number of benzene rings is 2. The zero-order valence-corrected chi connectivity index (χ0v) is 19.9. The molecule has 34 heavy (non-hydrogen) atoms. The molecule has 1 amide bonds. The maximum Gasteiger partial charge on any atom is 0.256 e. The number of carbonyl (C=O) groups is 1. The first kappa shape index (κ1) is 21.5. The van der Waals surface area contributed by atoms with Crippen LogP contribution < -0.4 is 5.32 Å². The van der Waals surface area contributed by atoms with Gasteiger partial charge in [-0.3, -0.25) is 4.79 Å². The third-order valence-corrected chi connectivity index (χ3v) is 8.33. The maximum atomic E-state index is 14.0. The summed E-state index contributed by atoms with van der Waals surface area (Å²) < 4.78 is 14.4. The highest BCUT2D eigenvalue weighted by atomic mass is 35.5. The van der Waals surface area contributed by atoms with Gasteiger partial charge in [0.2, 0.25) is 0 Å².